The van der Waals surface area contributed by atoms with Gasteiger partial charge >= 0.3 is 5.97 Å². The lowest BCUT2D eigenvalue weighted by Crippen LogP contribution is -2.37. The molecule has 0 radical (unpaired) electrons. The molecule has 2 atom stereocenters. The molecular formula is C11H11Br2NO3S. The van der Waals surface area contributed by atoms with Crippen LogP contribution in [0.2, 0.25) is 0 Å². The average molecular weight is 397 g/mol. The number of carboxylic acids is 1. The zero-order valence-corrected chi connectivity index (χ0v) is 13.5. The summed E-state index contributed by atoms with van der Waals surface area (Å²) in [5.74, 6) is -1.38. The number of hydrogen-bond donors (Lipinski definition) is 1. The summed E-state index contributed by atoms with van der Waals surface area (Å²) >= 11 is 8.04. The Morgan fingerprint density at radius 3 is 2.61 bits per heavy atom. The quantitative estimate of drug-likeness (QED) is 0.834. The van der Waals surface area contributed by atoms with E-state index in [0.717, 1.165) is 8.26 Å². The van der Waals surface area contributed by atoms with Crippen LogP contribution in [0, 0.1) is 5.92 Å². The van der Waals surface area contributed by atoms with Gasteiger partial charge in [-0.15, -0.1) is 11.3 Å². The SMILES string of the molecule is CC1C(C(=O)O)CCN1C(=O)c1cc(Br)c(Br)s1. The minimum absolute atomic E-state index is 0.0948. The number of carbonyl (C=O) groups is 2. The summed E-state index contributed by atoms with van der Waals surface area (Å²) in [6, 6.07) is 1.51. The van der Waals surface area contributed by atoms with Gasteiger partial charge in [-0.25, -0.2) is 0 Å². The molecule has 0 aromatic carbocycles. The Hall–Kier alpha value is -0.400. The van der Waals surface area contributed by atoms with E-state index >= 15 is 0 Å². The maximum atomic E-state index is 12.3. The minimum Gasteiger partial charge on any atom is -0.481 e. The summed E-state index contributed by atoms with van der Waals surface area (Å²) in [4.78, 5) is 25.6. The summed E-state index contributed by atoms with van der Waals surface area (Å²) in [6.45, 7) is 2.30. The van der Waals surface area contributed by atoms with Crippen LogP contribution in [0.1, 0.15) is 23.0 Å². The highest BCUT2D eigenvalue weighted by Crippen LogP contribution is 2.34. The molecule has 2 heterocycles. The maximum Gasteiger partial charge on any atom is 0.308 e. The van der Waals surface area contributed by atoms with Crippen molar-refractivity contribution < 1.29 is 14.7 Å². The molecule has 1 N–H and O–H groups in total. The molecule has 1 aliphatic heterocycles. The Bertz CT molecular complexity index is 483. The van der Waals surface area contributed by atoms with E-state index in [1.54, 1.807) is 17.9 Å². The lowest BCUT2D eigenvalue weighted by atomic mass is 10.0. The number of hydrogen-bond acceptors (Lipinski definition) is 3. The van der Waals surface area contributed by atoms with E-state index in [-0.39, 0.29) is 11.9 Å². The van der Waals surface area contributed by atoms with Crippen molar-refractivity contribution in [1.29, 1.82) is 0 Å². The molecule has 98 valence electrons. The Balaban J connectivity index is 2.18. The van der Waals surface area contributed by atoms with Crippen molar-refractivity contribution in [3.8, 4) is 0 Å². The highest BCUT2D eigenvalue weighted by Gasteiger charge is 2.38. The number of nitrogens with zero attached hydrogens (tertiary/aromatic N) is 1. The molecule has 0 bridgehead atoms. The molecule has 1 aromatic heterocycles. The van der Waals surface area contributed by atoms with Crippen LogP contribution >= 0.6 is 43.2 Å². The van der Waals surface area contributed by atoms with Gasteiger partial charge in [0.25, 0.3) is 5.91 Å². The molecule has 0 saturated carbocycles. The first kappa shape index (κ1) is 14.0. The van der Waals surface area contributed by atoms with Gasteiger partial charge in [-0.3, -0.25) is 9.59 Å². The maximum absolute atomic E-state index is 12.3. The second-order valence-corrected chi connectivity index (χ2v) is 7.43. The van der Waals surface area contributed by atoms with Crippen LogP contribution in [0.15, 0.2) is 14.3 Å². The molecule has 7 heteroatoms. The van der Waals surface area contributed by atoms with Crippen LogP contribution < -0.4 is 0 Å². The number of aliphatic carboxylic acids is 1. The molecule has 2 unspecified atom stereocenters. The Kier molecular flexibility index (Phi) is 4.13. The molecule has 2 rings (SSSR count). The third-order valence-electron chi connectivity index (χ3n) is 3.19. The standard InChI is InChI=1S/C11H11Br2NO3S/c1-5-6(11(16)17)2-3-14(5)10(15)8-4-7(12)9(13)18-8/h4-6H,2-3H2,1H3,(H,16,17). The molecular weight excluding hydrogens is 386 g/mol. The normalized spacial score (nSPS) is 23.4. The van der Waals surface area contributed by atoms with Crippen molar-refractivity contribution in [3.05, 3.63) is 19.2 Å². The number of rotatable bonds is 2. The number of halogens is 2. The monoisotopic (exact) mass is 395 g/mol. The molecule has 4 nitrogen and oxygen atoms in total. The van der Waals surface area contributed by atoms with Crippen molar-refractivity contribution >= 4 is 55.1 Å². The van der Waals surface area contributed by atoms with Gasteiger partial charge in [0.15, 0.2) is 0 Å². The number of carbonyl (C=O) groups excluding carboxylic acids is 1. The molecule has 1 saturated heterocycles. The van der Waals surface area contributed by atoms with E-state index in [4.69, 9.17) is 5.11 Å². The Morgan fingerprint density at radius 1 is 1.50 bits per heavy atom. The third-order valence-corrected chi connectivity index (χ3v) is 6.43. The van der Waals surface area contributed by atoms with Crippen molar-refractivity contribution in [2.75, 3.05) is 6.54 Å². The van der Waals surface area contributed by atoms with E-state index in [0.29, 0.717) is 17.8 Å². The fraction of sp³-hybridized carbons (Fsp3) is 0.455. The second-order valence-electron chi connectivity index (χ2n) is 4.20. The smallest absolute Gasteiger partial charge is 0.308 e. The number of thiophene rings is 1. The molecule has 1 aliphatic rings. The molecule has 1 fully saturated rings. The summed E-state index contributed by atoms with van der Waals surface area (Å²) in [7, 11) is 0. The van der Waals surface area contributed by atoms with Crippen molar-refractivity contribution in [2.24, 2.45) is 5.92 Å². The zero-order chi connectivity index (χ0) is 13.4. The van der Waals surface area contributed by atoms with E-state index in [9.17, 15) is 9.59 Å². The van der Waals surface area contributed by atoms with Gasteiger partial charge in [0.1, 0.15) is 0 Å². The van der Waals surface area contributed by atoms with Crippen LogP contribution in [0.4, 0.5) is 0 Å². The van der Waals surface area contributed by atoms with Gasteiger partial charge in [0.2, 0.25) is 0 Å². The lowest BCUT2D eigenvalue weighted by molar-refractivity contribution is -0.142. The van der Waals surface area contributed by atoms with E-state index in [1.807, 2.05) is 0 Å². The highest BCUT2D eigenvalue weighted by molar-refractivity contribution is 9.13. The first-order chi connectivity index (χ1) is 8.41. The van der Waals surface area contributed by atoms with Gasteiger partial charge in [-0.2, -0.15) is 0 Å². The van der Waals surface area contributed by atoms with Crippen LogP contribution in [0.3, 0.4) is 0 Å². The van der Waals surface area contributed by atoms with Crippen molar-refractivity contribution in [2.45, 2.75) is 19.4 Å². The number of amides is 1. The predicted molar refractivity (Wildman–Crippen MR) is 76.0 cm³/mol. The van der Waals surface area contributed by atoms with E-state index < -0.39 is 11.9 Å². The second kappa shape index (κ2) is 5.30. The van der Waals surface area contributed by atoms with Crippen LogP contribution in [0.5, 0.6) is 0 Å². The summed E-state index contributed by atoms with van der Waals surface area (Å²) < 4.78 is 1.71. The van der Waals surface area contributed by atoms with Crippen LogP contribution in [0.25, 0.3) is 0 Å². The van der Waals surface area contributed by atoms with Gasteiger partial charge in [-0.05, 0) is 51.3 Å². The van der Waals surface area contributed by atoms with E-state index in [2.05, 4.69) is 31.9 Å². The molecule has 1 aromatic rings. The highest BCUT2D eigenvalue weighted by atomic mass is 79.9. The van der Waals surface area contributed by atoms with Gasteiger partial charge in [-0.1, -0.05) is 0 Å². The Labute approximate surface area is 125 Å². The summed E-state index contributed by atoms with van der Waals surface area (Å²) in [5, 5.41) is 9.05. The fourth-order valence-corrected chi connectivity index (χ4v) is 4.14. The van der Waals surface area contributed by atoms with Crippen molar-refractivity contribution in [3.63, 3.8) is 0 Å². The predicted octanol–water partition coefficient (Wildman–Crippen LogP) is 3.21. The minimum atomic E-state index is -0.827. The van der Waals surface area contributed by atoms with Crippen molar-refractivity contribution in [1.82, 2.24) is 4.90 Å². The number of carboxylic acid groups (broad SMARTS) is 1. The zero-order valence-electron chi connectivity index (χ0n) is 9.52. The fourth-order valence-electron chi connectivity index (χ4n) is 2.15. The first-order valence-electron chi connectivity index (χ1n) is 5.40. The van der Waals surface area contributed by atoms with Crippen LogP contribution in [-0.4, -0.2) is 34.5 Å². The van der Waals surface area contributed by atoms with E-state index in [1.165, 1.54) is 11.3 Å². The topological polar surface area (TPSA) is 57.6 Å². The number of likely N-dealkylation sites (tertiary alicyclic amines) is 1. The summed E-state index contributed by atoms with van der Waals surface area (Å²) in [6.07, 6.45) is 0.524. The summed E-state index contributed by atoms with van der Waals surface area (Å²) in [5.41, 5.74) is 0. The van der Waals surface area contributed by atoms with Gasteiger partial charge < -0.3 is 10.0 Å². The first-order valence-corrected chi connectivity index (χ1v) is 7.80. The van der Waals surface area contributed by atoms with Crippen LogP contribution in [-0.2, 0) is 4.79 Å². The molecule has 0 spiro atoms. The third kappa shape index (κ3) is 2.48. The molecule has 18 heavy (non-hydrogen) atoms. The largest absolute Gasteiger partial charge is 0.481 e. The molecule has 1 amide bonds. The van der Waals surface area contributed by atoms with Gasteiger partial charge in [0.05, 0.1) is 14.6 Å². The Morgan fingerprint density at radius 2 is 2.17 bits per heavy atom. The lowest BCUT2D eigenvalue weighted by Gasteiger charge is -2.22. The average Bonchev–Trinajstić information content (AvgIpc) is 2.82. The van der Waals surface area contributed by atoms with Gasteiger partial charge in [0, 0.05) is 17.1 Å². The molecule has 0 aliphatic carbocycles.